The van der Waals surface area contributed by atoms with Crippen LogP contribution in [0.4, 0.5) is 0 Å². The fraction of sp³-hybridized carbons (Fsp3) is 0.647. The van der Waals surface area contributed by atoms with E-state index in [1.165, 1.54) is 32.1 Å². The molecule has 0 saturated heterocycles. The first-order valence-corrected chi connectivity index (χ1v) is 25.0. The minimum Gasteiger partial charge on any atom is -0.462 e. The molecule has 9 heteroatoms. The number of hydrogen-bond donors (Lipinski definition) is 1. The van der Waals surface area contributed by atoms with Crippen LogP contribution >= 0.6 is 7.82 Å². The molecule has 0 radical (unpaired) electrons. The Labute approximate surface area is 367 Å². The minimum atomic E-state index is -4.30. The van der Waals surface area contributed by atoms with E-state index in [0.29, 0.717) is 6.42 Å². The Morgan fingerprint density at radius 3 is 1.20 bits per heavy atom. The second kappa shape index (κ2) is 45.5. The number of rotatable bonds is 42. The summed E-state index contributed by atoms with van der Waals surface area (Å²) in [5, 5.41) is 0. The number of ether oxygens (including phenoxy) is 2. The lowest BCUT2D eigenvalue weighted by atomic mass is 10.1. The number of phosphoric ester groups is 1. The topological polar surface area (TPSA) is 108 Å². The zero-order valence-corrected chi connectivity index (χ0v) is 39.0. The normalized spacial score (nSPS) is 14.1. The Kier molecular flexibility index (Phi) is 43.2. The fourth-order valence-corrected chi connectivity index (χ4v) is 6.78. The molecular formula is C51H85O8P. The zero-order valence-electron chi connectivity index (χ0n) is 38.1. The van der Waals surface area contributed by atoms with Crippen molar-refractivity contribution < 1.29 is 37.6 Å². The SMILES string of the molecule is CC/C=C\C/C=C\C/C=C\C/C=C\CCCCCCCCCCC(=O)OC(COC(=O)CCCCCCCC/C=C\C/C=C\C/C=C\C/C=C\CC)COP(=O)(O)OCC. The lowest BCUT2D eigenvalue weighted by Gasteiger charge is -2.19. The number of unbranched alkanes of at least 4 members (excludes halogenated alkanes) is 14. The molecule has 0 aromatic carbocycles. The van der Waals surface area contributed by atoms with E-state index < -0.39 is 26.5 Å². The van der Waals surface area contributed by atoms with Crippen molar-refractivity contribution in [2.24, 2.45) is 0 Å². The van der Waals surface area contributed by atoms with Gasteiger partial charge < -0.3 is 14.4 Å². The van der Waals surface area contributed by atoms with Crippen LogP contribution in [-0.4, -0.2) is 42.8 Å². The molecule has 342 valence electrons. The third-order valence-electron chi connectivity index (χ3n) is 9.39. The molecule has 0 rings (SSSR count). The monoisotopic (exact) mass is 857 g/mol. The highest BCUT2D eigenvalue weighted by molar-refractivity contribution is 7.47. The minimum absolute atomic E-state index is 0.00939. The molecule has 0 bridgehead atoms. The summed E-state index contributed by atoms with van der Waals surface area (Å²) in [7, 11) is -4.30. The molecule has 2 unspecified atom stereocenters. The van der Waals surface area contributed by atoms with Crippen molar-refractivity contribution in [3.05, 3.63) is 97.2 Å². The highest BCUT2D eigenvalue weighted by Crippen LogP contribution is 2.43. The molecule has 0 aromatic heterocycles. The quantitative estimate of drug-likeness (QED) is 0.0280. The first-order chi connectivity index (χ1) is 29.3. The molecule has 0 aliphatic rings. The van der Waals surface area contributed by atoms with E-state index in [4.69, 9.17) is 18.5 Å². The summed E-state index contributed by atoms with van der Waals surface area (Å²) in [6.45, 7) is 5.22. The average Bonchev–Trinajstić information content (AvgIpc) is 3.23. The predicted molar refractivity (Wildman–Crippen MR) is 253 cm³/mol. The van der Waals surface area contributed by atoms with Crippen LogP contribution in [0.25, 0.3) is 0 Å². The van der Waals surface area contributed by atoms with Gasteiger partial charge in [-0.25, -0.2) is 4.57 Å². The van der Waals surface area contributed by atoms with Gasteiger partial charge in [0.05, 0.1) is 13.2 Å². The standard InChI is InChI=1S/C51H85O8P/c1-4-7-9-11-13-15-17-19-21-23-25-26-28-30-32-34-36-38-40-42-44-46-51(53)59-49(48-58-60(54,55)57-6-3)47-56-50(52)45-43-41-39-37-35-33-31-29-27-24-22-20-18-16-14-12-10-8-5-2/h7-10,13-16,19-22,25-27,29,49H,4-6,11-12,17-18,23-24,28,30-48H2,1-3H3,(H,54,55)/b9-7-,10-8-,15-13-,16-14-,21-19-,22-20-,26-25-,29-27-. The summed E-state index contributed by atoms with van der Waals surface area (Å²) >= 11 is 0. The van der Waals surface area contributed by atoms with E-state index in [-0.39, 0.29) is 32.0 Å². The summed E-state index contributed by atoms with van der Waals surface area (Å²) in [4.78, 5) is 34.9. The maximum Gasteiger partial charge on any atom is 0.472 e. The summed E-state index contributed by atoms with van der Waals surface area (Å²) < 4.78 is 32.7. The van der Waals surface area contributed by atoms with Crippen molar-refractivity contribution in [3.63, 3.8) is 0 Å². The highest BCUT2D eigenvalue weighted by atomic mass is 31.2. The van der Waals surface area contributed by atoms with E-state index in [1.807, 2.05) is 0 Å². The Morgan fingerprint density at radius 2 is 0.800 bits per heavy atom. The van der Waals surface area contributed by atoms with Gasteiger partial charge in [-0.1, -0.05) is 175 Å². The number of phosphoric acid groups is 1. The van der Waals surface area contributed by atoms with Crippen LogP contribution in [0.3, 0.4) is 0 Å². The second-order valence-electron chi connectivity index (χ2n) is 15.0. The summed E-state index contributed by atoms with van der Waals surface area (Å²) in [5.74, 6) is -0.830. The molecule has 0 fully saturated rings. The van der Waals surface area contributed by atoms with Crippen LogP contribution in [0.2, 0.25) is 0 Å². The highest BCUT2D eigenvalue weighted by Gasteiger charge is 2.25. The van der Waals surface area contributed by atoms with Gasteiger partial charge in [-0.2, -0.15) is 0 Å². The third kappa shape index (κ3) is 44.5. The number of esters is 2. The van der Waals surface area contributed by atoms with Gasteiger partial charge in [0.15, 0.2) is 6.10 Å². The lowest BCUT2D eigenvalue weighted by molar-refractivity contribution is -0.161. The fourth-order valence-electron chi connectivity index (χ4n) is 6.02. The number of carbonyl (C=O) groups excluding carboxylic acids is 2. The van der Waals surface area contributed by atoms with E-state index in [9.17, 15) is 19.0 Å². The molecule has 2 atom stereocenters. The van der Waals surface area contributed by atoms with E-state index in [1.54, 1.807) is 6.92 Å². The summed E-state index contributed by atoms with van der Waals surface area (Å²) in [6, 6.07) is 0. The molecule has 0 saturated carbocycles. The maximum absolute atomic E-state index is 12.6. The molecule has 0 spiro atoms. The largest absolute Gasteiger partial charge is 0.472 e. The van der Waals surface area contributed by atoms with Crippen molar-refractivity contribution >= 4 is 19.8 Å². The van der Waals surface area contributed by atoms with Gasteiger partial charge in [0, 0.05) is 12.8 Å². The lowest BCUT2D eigenvalue weighted by Crippen LogP contribution is -2.29. The van der Waals surface area contributed by atoms with Gasteiger partial charge in [-0.05, 0) is 96.8 Å². The van der Waals surface area contributed by atoms with Crippen molar-refractivity contribution in [2.45, 2.75) is 194 Å². The van der Waals surface area contributed by atoms with Gasteiger partial charge >= 0.3 is 19.8 Å². The first kappa shape index (κ1) is 57.0. The van der Waals surface area contributed by atoms with Crippen LogP contribution in [0, 0.1) is 0 Å². The van der Waals surface area contributed by atoms with Crippen LogP contribution in [0.15, 0.2) is 97.2 Å². The van der Waals surface area contributed by atoms with E-state index in [2.05, 4.69) is 111 Å². The Morgan fingerprint density at radius 1 is 0.450 bits per heavy atom. The van der Waals surface area contributed by atoms with Crippen LogP contribution < -0.4 is 0 Å². The zero-order chi connectivity index (χ0) is 43.9. The molecule has 0 amide bonds. The van der Waals surface area contributed by atoms with Gasteiger partial charge in [-0.3, -0.25) is 18.6 Å². The maximum atomic E-state index is 12.6. The van der Waals surface area contributed by atoms with Gasteiger partial charge in [-0.15, -0.1) is 0 Å². The van der Waals surface area contributed by atoms with Crippen LogP contribution in [0.5, 0.6) is 0 Å². The van der Waals surface area contributed by atoms with Gasteiger partial charge in [0.2, 0.25) is 0 Å². The molecule has 8 nitrogen and oxygen atoms in total. The Bertz CT molecular complexity index is 1290. The number of carbonyl (C=O) groups is 2. The van der Waals surface area contributed by atoms with Crippen molar-refractivity contribution in [1.82, 2.24) is 0 Å². The smallest absolute Gasteiger partial charge is 0.462 e. The molecule has 0 aromatic rings. The molecule has 60 heavy (non-hydrogen) atoms. The number of allylic oxidation sites excluding steroid dienone is 16. The summed E-state index contributed by atoms with van der Waals surface area (Å²) in [5.41, 5.74) is 0. The van der Waals surface area contributed by atoms with Crippen molar-refractivity contribution in [2.75, 3.05) is 19.8 Å². The van der Waals surface area contributed by atoms with Gasteiger partial charge in [0.25, 0.3) is 0 Å². The molecule has 1 N–H and O–H groups in total. The average molecular weight is 857 g/mol. The van der Waals surface area contributed by atoms with Crippen LogP contribution in [-0.2, 0) is 32.7 Å². The third-order valence-corrected chi connectivity index (χ3v) is 10.4. The number of hydrogen-bond acceptors (Lipinski definition) is 7. The first-order valence-electron chi connectivity index (χ1n) is 23.5. The predicted octanol–water partition coefficient (Wildman–Crippen LogP) is 15.2. The summed E-state index contributed by atoms with van der Waals surface area (Å²) in [6.07, 6.45) is 60.3. The van der Waals surface area contributed by atoms with E-state index >= 15 is 0 Å². The van der Waals surface area contributed by atoms with Crippen molar-refractivity contribution in [3.8, 4) is 0 Å². The van der Waals surface area contributed by atoms with Crippen molar-refractivity contribution in [1.29, 1.82) is 0 Å². The Balaban J connectivity index is 4.10. The molecule has 0 aliphatic heterocycles. The molecule has 0 aliphatic carbocycles. The van der Waals surface area contributed by atoms with Crippen LogP contribution in [0.1, 0.15) is 188 Å². The van der Waals surface area contributed by atoms with E-state index in [0.717, 1.165) is 116 Å². The second-order valence-corrected chi connectivity index (χ2v) is 16.5. The Hall–Kier alpha value is -3.03. The molecular weight excluding hydrogens is 772 g/mol. The van der Waals surface area contributed by atoms with Gasteiger partial charge in [0.1, 0.15) is 6.61 Å². The molecule has 0 heterocycles.